The van der Waals surface area contributed by atoms with Gasteiger partial charge in [0.15, 0.2) is 5.11 Å². The fourth-order valence-electron chi connectivity index (χ4n) is 3.92. The molecule has 1 aliphatic heterocycles. The third-order valence-corrected chi connectivity index (χ3v) is 8.67. The second kappa shape index (κ2) is 11.5. The van der Waals surface area contributed by atoms with Crippen LogP contribution in [0.4, 0.5) is 10.7 Å². The molecule has 1 fully saturated rings. The van der Waals surface area contributed by atoms with Crippen LogP contribution in [-0.2, 0) is 19.5 Å². The molecule has 0 atom stereocenters. The van der Waals surface area contributed by atoms with Gasteiger partial charge in [0.05, 0.1) is 24.7 Å². The van der Waals surface area contributed by atoms with Crippen LogP contribution in [0, 0.1) is 6.92 Å². The molecule has 3 aromatic rings. The molecule has 1 aliphatic rings. The predicted molar refractivity (Wildman–Crippen MR) is 146 cm³/mol. The molecule has 0 saturated carbocycles. The van der Waals surface area contributed by atoms with Gasteiger partial charge in [0, 0.05) is 29.2 Å². The number of anilines is 2. The van der Waals surface area contributed by atoms with E-state index in [1.54, 1.807) is 31.2 Å². The standard InChI is InChI=1S/C25H27N3O5S3/c1-3-33-24(29)22-21(18-8-5-4-6-9-18)17(2)35-23(22)27-25(34)26-19-10-7-11-20(16-19)36(30,31)28-12-14-32-15-13-28/h4-11,16H,3,12-15H2,1-2H3,(H2,26,27,34). The van der Waals surface area contributed by atoms with Gasteiger partial charge in [0.2, 0.25) is 10.0 Å². The lowest BCUT2D eigenvalue weighted by Crippen LogP contribution is -2.40. The molecule has 0 spiro atoms. The minimum atomic E-state index is -3.65. The van der Waals surface area contributed by atoms with E-state index in [1.807, 2.05) is 37.3 Å². The van der Waals surface area contributed by atoms with Crippen molar-refractivity contribution < 1.29 is 22.7 Å². The van der Waals surface area contributed by atoms with Crippen molar-refractivity contribution >= 4 is 55.3 Å². The van der Waals surface area contributed by atoms with Crippen LogP contribution >= 0.6 is 23.6 Å². The summed E-state index contributed by atoms with van der Waals surface area (Å²) in [7, 11) is -3.65. The molecular weight excluding hydrogens is 518 g/mol. The number of nitrogens with zero attached hydrogens (tertiary/aromatic N) is 1. The Hall–Kier alpha value is -2.83. The molecular formula is C25H27N3O5S3. The zero-order valence-corrected chi connectivity index (χ0v) is 22.4. The minimum Gasteiger partial charge on any atom is -0.462 e. The van der Waals surface area contributed by atoms with Gasteiger partial charge in [-0.2, -0.15) is 4.31 Å². The van der Waals surface area contributed by atoms with Crippen molar-refractivity contribution in [1.29, 1.82) is 0 Å². The number of esters is 1. The summed E-state index contributed by atoms with van der Waals surface area (Å²) in [6.45, 7) is 5.33. The van der Waals surface area contributed by atoms with Crippen LogP contribution in [0.2, 0.25) is 0 Å². The number of hydrogen-bond donors (Lipinski definition) is 2. The van der Waals surface area contributed by atoms with Crippen LogP contribution in [0.15, 0.2) is 59.5 Å². The molecule has 0 bridgehead atoms. The Kier molecular flexibility index (Phi) is 8.37. The van der Waals surface area contributed by atoms with E-state index < -0.39 is 16.0 Å². The van der Waals surface area contributed by atoms with Crippen molar-refractivity contribution in [3.05, 3.63) is 65.0 Å². The predicted octanol–water partition coefficient (Wildman–Crippen LogP) is 4.73. The molecule has 2 aromatic carbocycles. The molecule has 11 heteroatoms. The fraction of sp³-hybridized carbons (Fsp3) is 0.280. The van der Waals surface area contributed by atoms with E-state index in [2.05, 4.69) is 10.6 Å². The first-order valence-corrected chi connectivity index (χ1v) is 14.1. The average Bonchev–Trinajstić information content (AvgIpc) is 3.20. The number of ether oxygens (including phenoxy) is 2. The van der Waals surface area contributed by atoms with Crippen molar-refractivity contribution in [2.45, 2.75) is 18.7 Å². The summed E-state index contributed by atoms with van der Waals surface area (Å²) in [4.78, 5) is 14.0. The van der Waals surface area contributed by atoms with Gasteiger partial charge < -0.3 is 20.1 Å². The van der Waals surface area contributed by atoms with Crippen molar-refractivity contribution in [3.63, 3.8) is 0 Å². The van der Waals surface area contributed by atoms with Gasteiger partial charge in [-0.1, -0.05) is 36.4 Å². The molecule has 2 heterocycles. The van der Waals surface area contributed by atoms with Crippen LogP contribution in [-0.4, -0.2) is 56.7 Å². The summed E-state index contributed by atoms with van der Waals surface area (Å²) < 4.78 is 38.1. The van der Waals surface area contributed by atoms with Crippen molar-refractivity contribution in [2.24, 2.45) is 0 Å². The van der Waals surface area contributed by atoms with Crippen molar-refractivity contribution in [3.8, 4) is 11.1 Å². The SMILES string of the molecule is CCOC(=O)c1c(NC(=S)Nc2cccc(S(=O)(=O)N3CCOCC3)c2)sc(C)c1-c1ccccc1. The lowest BCUT2D eigenvalue weighted by Gasteiger charge is -2.26. The molecule has 0 radical (unpaired) electrons. The molecule has 0 amide bonds. The van der Waals surface area contributed by atoms with E-state index in [-0.39, 0.29) is 16.6 Å². The van der Waals surface area contributed by atoms with Crippen LogP contribution in [0.1, 0.15) is 22.2 Å². The highest BCUT2D eigenvalue weighted by Crippen LogP contribution is 2.40. The highest BCUT2D eigenvalue weighted by atomic mass is 32.2. The van der Waals surface area contributed by atoms with E-state index in [0.717, 1.165) is 16.0 Å². The molecule has 190 valence electrons. The second-order valence-electron chi connectivity index (χ2n) is 7.95. The molecule has 1 saturated heterocycles. The number of hydrogen-bond acceptors (Lipinski definition) is 7. The summed E-state index contributed by atoms with van der Waals surface area (Å²) in [5.41, 5.74) is 2.62. The Bertz CT molecular complexity index is 1350. The molecule has 0 aliphatic carbocycles. The summed E-state index contributed by atoms with van der Waals surface area (Å²) in [5, 5.41) is 6.93. The van der Waals surface area contributed by atoms with Crippen LogP contribution in [0.25, 0.3) is 11.1 Å². The van der Waals surface area contributed by atoms with Gasteiger partial charge in [-0.25, -0.2) is 13.2 Å². The van der Waals surface area contributed by atoms with E-state index in [1.165, 1.54) is 15.6 Å². The molecule has 4 rings (SSSR count). The normalized spacial score (nSPS) is 14.3. The number of nitrogens with one attached hydrogen (secondary N) is 2. The first kappa shape index (κ1) is 26.2. The maximum Gasteiger partial charge on any atom is 0.341 e. The van der Waals surface area contributed by atoms with Gasteiger partial charge in [0.1, 0.15) is 10.6 Å². The fourth-order valence-corrected chi connectivity index (χ4v) is 6.73. The van der Waals surface area contributed by atoms with Crippen LogP contribution in [0.5, 0.6) is 0 Å². The average molecular weight is 546 g/mol. The molecule has 0 unspecified atom stereocenters. The quantitative estimate of drug-likeness (QED) is 0.325. The highest BCUT2D eigenvalue weighted by Gasteiger charge is 2.27. The Morgan fingerprint density at radius 1 is 1.11 bits per heavy atom. The summed E-state index contributed by atoms with van der Waals surface area (Å²) in [6, 6.07) is 16.1. The zero-order valence-electron chi connectivity index (χ0n) is 19.9. The van der Waals surface area contributed by atoms with Crippen molar-refractivity contribution in [1.82, 2.24) is 4.31 Å². The molecule has 36 heavy (non-hydrogen) atoms. The number of carbonyl (C=O) groups is 1. The number of benzene rings is 2. The Morgan fingerprint density at radius 2 is 1.83 bits per heavy atom. The lowest BCUT2D eigenvalue weighted by molar-refractivity contribution is 0.0529. The van der Waals surface area contributed by atoms with E-state index in [0.29, 0.717) is 42.6 Å². The maximum absolute atomic E-state index is 13.0. The van der Waals surface area contributed by atoms with Crippen molar-refractivity contribution in [2.75, 3.05) is 43.5 Å². The number of thiophene rings is 1. The Morgan fingerprint density at radius 3 is 2.53 bits per heavy atom. The van der Waals surface area contributed by atoms with Gasteiger partial charge in [-0.15, -0.1) is 11.3 Å². The molecule has 8 nitrogen and oxygen atoms in total. The van der Waals surface area contributed by atoms with Gasteiger partial charge in [0.25, 0.3) is 0 Å². The number of rotatable bonds is 7. The second-order valence-corrected chi connectivity index (χ2v) is 11.5. The van der Waals surface area contributed by atoms with Gasteiger partial charge >= 0.3 is 5.97 Å². The first-order valence-electron chi connectivity index (χ1n) is 11.4. The topological polar surface area (TPSA) is 97.0 Å². The summed E-state index contributed by atoms with van der Waals surface area (Å²) >= 11 is 6.92. The van der Waals surface area contributed by atoms with Gasteiger partial charge in [-0.05, 0) is 49.8 Å². The highest BCUT2D eigenvalue weighted by molar-refractivity contribution is 7.89. The first-order chi connectivity index (χ1) is 17.3. The number of thiocarbonyl (C=S) groups is 1. The van der Waals surface area contributed by atoms with E-state index >= 15 is 0 Å². The maximum atomic E-state index is 13.0. The monoisotopic (exact) mass is 545 g/mol. The minimum absolute atomic E-state index is 0.169. The Balaban J connectivity index is 1.57. The lowest BCUT2D eigenvalue weighted by atomic mass is 10.0. The third kappa shape index (κ3) is 5.76. The van der Waals surface area contributed by atoms with Gasteiger partial charge in [-0.3, -0.25) is 0 Å². The smallest absolute Gasteiger partial charge is 0.341 e. The summed E-state index contributed by atoms with van der Waals surface area (Å²) in [6.07, 6.45) is 0. The van der Waals surface area contributed by atoms with E-state index in [4.69, 9.17) is 21.7 Å². The number of carbonyl (C=O) groups excluding carboxylic acids is 1. The number of morpholine rings is 1. The third-order valence-electron chi connectivity index (χ3n) is 5.55. The Labute approximate surface area is 220 Å². The van der Waals surface area contributed by atoms with Crippen LogP contribution in [0.3, 0.4) is 0 Å². The molecule has 2 N–H and O–H groups in total. The largest absolute Gasteiger partial charge is 0.462 e. The number of sulfonamides is 1. The summed E-state index contributed by atoms with van der Waals surface area (Å²) in [5.74, 6) is -0.440. The van der Waals surface area contributed by atoms with Crippen LogP contribution < -0.4 is 10.6 Å². The number of aryl methyl sites for hydroxylation is 1. The molecule has 1 aromatic heterocycles. The van der Waals surface area contributed by atoms with E-state index in [9.17, 15) is 13.2 Å². The zero-order chi connectivity index (χ0) is 25.7.